The van der Waals surface area contributed by atoms with Crippen LogP contribution in [0.4, 0.5) is 4.39 Å². The third-order valence-electron chi connectivity index (χ3n) is 3.98. The lowest BCUT2D eigenvalue weighted by atomic mass is 9.87. The van der Waals surface area contributed by atoms with Crippen LogP contribution in [0.2, 0.25) is 5.02 Å². The largest absolute Gasteiger partial charge is 0.313 e. The molecule has 1 atom stereocenters. The van der Waals surface area contributed by atoms with Crippen molar-refractivity contribution < 1.29 is 4.39 Å². The van der Waals surface area contributed by atoms with Gasteiger partial charge in [0.15, 0.2) is 0 Å². The Hall–Kier alpha value is -0.600. The van der Waals surface area contributed by atoms with Gasteiger partial charge in [-0.1, -0.05) is 43.4 Å². The molecular formula is C15H21ClFN. The lowest BCUT2D eigenvalue weighted by Gasteiger charge is -2.26. The van der Waals surface area contributed by atoms with Crippen LogP contribution in [0.3, 0.4) is 0 Å². The summed E-state index contributed by atoms with van der Waals surface area (Å²) >= 11 is 5.82. The number of rotatable bonds is 3. The van der Waals surface area contributed by atoms with Crippen molar-refractivity contribution in [2.45, 2.75) is 44.6 Å². The lowest BCUT2D eigenvalue weighted by Crippen LogP contribution is -2.26. The molecule has 1 aliphatic rings. The summed E-state index contributed by atoms with van der Waals surface area (Å²) in [5, 5.41) is 3.76. The van der Waals surface area contributed by atoms with Gasteiger partial charge in [0, 0.05) is 16.6 Å². The smallest absolute Gasteiger partial charge is 0.129 e. The second-order valence-electron chi connectivity index (χ2n) is 5.18. The summed E-state index contributed by atoms with van der Waals surface area (Å²) in [5.41, 5.74) is 0.758. The van der Waals surface area contributed by atoms with Gasteiger partial charge in [0.25, 0.3) is 0 Å². The molecule has 3 heteroatoms. The molecule has 0 spiro atoms. The number of nitrogens with one attached hydrogen (secondary N) is 1. The van der Waals surface area contributed by atoms with E-state index in [1.54, 1.807) is 6.07 Å². The van der Waals surface area contributed by atoms with Gasteiger partial charge >= 0.3 is 0 Å². The predicted octanol–water partition coefficient (Wildman–Crippen LogP) is 4.71. The molecule has 1 unspecified atom stereocenters. The Balaban J connectivity index is 2.20. The minimum atomic E-state index is -0.189. The Morgan fingerprint density at radius 3 is 2.44 bits per heavy atom. The Morgan fingerprint density at radius 1 is 1.22 bits per heavy atom. The first-order valence-electron chi connectivity index (χ1n) is 6.84. The lowest BCUT2D eigenvalue weighted by molar-refractivity contribution is 0.333. The molecule has 0 bridgehead atoms. The predicted molar refractivity (Wildman–Crippen MR) is 74.4 cm³/mol. The van der Waals surface area contributed by atoms with Gasteiger partial charge in [0.2, 0.25) is 0 Å². The van der Waals surface area contributed by atoms with Crippen LogP contribution in [0.5, 0.6) is 0 Å². The Morgan fingerprint density at radius 2 is 1.89 bits per heavy atom. The summed E-state index contributed by atoms with van der Waals surface area (Å²) in [6.45, 7) is 0. The van der Waals surface area contributed by atoms with Gasteiger partial charge in [0.05, 0.1) is 0 Å². The summed E-state index contributed by atoms with van der Waals surface area (Å²) < 4.78 is 14.0. The van der Waals surface area contributed by atoms with E-state index >= 15 is 0 Å². The van der Waals surface area contributed by atoms with Gasteiger partial charge in [-0.2, -0.15) is 0 Å². The van der Waals surface area contributed by atoms with Crippen LogP contribution in [-0.4, -0.2) is 7.05 Å². The van der Waals surface area contributed by atoms with E-state index in [-0.39, 0.29) is 11.9 Å². The molecule has 0 aliphatic heterocycles. The maximum Gasteiger partial charge on any atom is 0.129 e. The molecule has 0 aromatic heterocycles. The second kappa shape index (κ2) is 6.53. The topological polar surface area (TPSA) is 12.0 Å². The maximum atomic E-state index is 14.0. The molecular weight excluding hydrogens is 249 g/mol. The quantitative estimate of drug-likeness (QED) is 0.784. The van der Waals surface area contributed by atoms with Crippen LogP contribution in [-0.2, 0) is 0 Å². The minimum Gasteiger partial charge on any atom is -0.313 e. The zero-order valence-electron chi connectivity index (χ0n) is 10.9. The fourth-order valence-corrected chi connectivity index (χ4v) is 3.20. The molecule has 1 aromatic carbocycles. The van der Waals surface area contributed by atoms with E-state index in [9.17, 15) is 4.39 Å². The standard InChI is InChI=1S/C15H21ClFN/c1-18-15(11-6-4-2-3-5-7-11)13-9-8-12(16)10-14(13)17/h8-11,15,18H,2-7H2,1H3. The van der Waals surface area contributed by atoms with E-state index < -0.39 is 0 Å². The minimum absolute atomic E-state index is 0.111. The van der Waals surface area contributed by atoms with E-state index in [0.717, 1.165) is 5.56 Å². The maximum absolute atomic E-state index is 14.0. The van der Waals surface area contributed by atoms with Crippen molar-refractivity contribution in [1.82, 2.24) is 5.32 Å². The highest BCUT2D eigenvalue weighted by Gasteiger charge is 2.25. The summed E-state index contributed by atoms with van der Waals surface area (Å²) in [5.74, 6) is 0.347. The van der Waals surface area contributed by atoms with E-state index in [1.807, 2.05) is 13.1 Å². The van der Waals surface area contributed by atoms with Crippen molar-refractivity contribution in [3.63, 3.8) is 0 Å². The summed E-state index contributed by atoms with van der Waals surface area (Å²) in [6, 6.07) is 5.13. The van der Waals surface area contributed by atoms with Gasteiger partial charge < -0.3 is 5.32 Å². The van der Waals surface area contributed by atoms with Crippen LogP contribution in [0.25, 0.3) is 0 Å². The van der Waals surface area contributed by atoms with Gasteiger partial charge in [-0.15, -0.1) is 0 Å². The molecule has 1 fully saturated rings. The fourth-order valence-electron chi connectivity index (χ4n) is 3.04. The monoisotopic (exact) mass is 269 g/mol. The van der Waals surface area contributed by atoms with Crippen molar-refractivity contribution in [3.05, 3.63) is 34.6 Å². The van der Waals surface area contributed by atoms with Crippen LogP contribution >= 0.6 is 11.6 Å². The summed E-state index contributed by atoms with van der Waals surface area (Å²) in [6.07, 6.45) is 7.53. The number of halogens is 2. The fraction of sp³-hybridized carbons (Fsp3) is 0.600. The third-order valence-corrected chi connectivity index (χ3v) is 4.21. The van der Waals surface area contributed by atoms with Gasteiger partial charge in [0.1, 0.15) is 5.82 Å². The highest BCUT2D eigenvalue weighted by atomic mass is 35.5. The first-order chi connectivity index (χ1) is 8.72. The Bertz CT molecular complexity index is 386. The summed E-state index contributed by atoms with van der Waals surface area (Å²) in [4.78, 5) is 0. The van der Waals surface area contributed by atoms with Crippen molar-refractivity contribution in [1.29, 1.82) is 0 Å². The van der Waals surface area contributed by atoms with Crippen LogP contribution < -0.4 is 5.32 Å². The highest BCUT2D eigenvalue weighted by Crippen LogP contribution is 2.34. The van der Waals surface area contributed by atoms with Gasteiger partial charge in [-0.05, 0) is 37.9 Å². The van der Waals surface area contributed by atoms with E-state index in [1.165, 1.54) is 44.6 Å². The van der Waals surface area contributed by atoms with Crippen molar-refractivity contribution in [2.75, 3.05) is 7.05 Å². The van der Waals surface area contributed by atoms with E-state index in [2.05, 4.69) is 5.32 Å². The molecule has 0 radical (unpaired) electrons. The van der Waals surface area contributed by atoms with Gasteiger partial charge in [-0.25, -0.2) is 4.39 Å². The van der Waals surface area contributed by atoms with Crippen molar-refractivity contribution in [2.24, 2.45) is 5.92 Å². The molecule has 1 nitrogen and oxygen atoms in total. The molecule has 1 N–H and O–H groups in total. The number of hydrogen-bond donors (Lipinski definition) is 1. The van der Waals surface area contributed by atoms with Gasteiger partial charge in [-0.3, -0.25) is 0 Å². The molecule has 2 rings (SSSR count). The average molecular weight is 270 g/mol. The molecule has 1 saturated carbocycles. The van der Waals surface area contributed by atoms with Crippen molar-refractivity contribution >= 4 is 11.6 Å². The number of hydrogen-bond acceptors (Lipinski definition) is 1. The molecule has 100 valence electrons. The molecule has 1 aromatic rings. The Labute approximate surface area is 114 Å². The molecule has 0 heterocycles. The van der Waals surface area contributed by atoms with Crippen LogP contribution in [0.15, 0.2) is 18.2 Å². The Kier molecular flexibility index (Phi) is 5.02. The molecule has 0 saturated heterocycles. The van der Waals surface area contributed by atoms with Crippen molar-refractivity contribution in [3.8, 4) is 0 Å². The first kappa shape index (κ1) is 13.8. The molecule has 18 heavy (non-hydrogen) atoms. The second-order valence-corrected chi connectivity index (χ2v) is 5.62. The van der Waals surface area contributed by atoms with Crippen LogP contribution in [0, 0.1) is 11.7 Å². The summed E-state index contributed by atoms with van der Waals surface area (Å²) in [7, 11) is 1.92. The normalized spacial score (nSPS) is 19.5. The van der Waals surface area contributed by atoms with Crippen LogP contribution in [0.1, 0.15) is 50.1 Å². The number of benzene rings is 1. The SMILES string of the molecule is CNC(c1ccc(Cl)cc1F)C1CCCCCC1. The van der Waals surface area contributed by atoms with E-state index in [0.29, 0.717) is 10.9 Å². The first-order valence-corrected chi connectivity index (χ1v) is 7.22. The highest BCUT2D eigenvalue weighted by molar-refractivity contribution is 6.30. The third kappa shape index (κ3) is 3.24. The van der Waals surface area contributed by atoms with E-state index in [4.69, 9.17) is 11.6 Å². The zero-order chi connectivity index (χ0) is 13.0. The average Bonchev–Trinajstić information content (AvgIpc) is 2.62. The molecule has 1 aliphatic carbocycles. The zero-order valence-corrected chi connectivity index (χ0v) is 11.6. The molecule has 0 amide bonds.